The molecule has 0 amide bonds. The van der Waals surface area contributed by atoms with Crippen molar-refractivity contribution in [2.24, 2.45) is 0 Å². The summed E-state index contributed by atoms with van der Waals surface area (Å²) in [5.41, 5.74) is 0.763. The highest BCUT2D eigenvalue weighted by molar-refractivity contribution is 8.00. The van der Waals surface area contributed by atoms with E-state index >= 15 is 0 Å². The fourth-order valence-electron chi connectivity index (χ4n) is 4.71. The summed E-state index contributed by atoms with van der Waals surface area (Å²) in [4.78, 5) is 3.28. The van der Waals surface area contributed by atoms with E-state index in [9.17, 15) is 4.21 Å². The van der Waals surface area contributed by atoms with Crippen molar-refractivity contribution in [3.63, 3.8) is 0 Å². The van der Waals surface area contributed by atoms with Gasteiger partial charge in [0.2, 0.25) is 0 Å². The van der Waals surface area contributed by atoms with Crippen LogP contribution in [0.2, 0.25) is 0 Å². The van der Waals surface area contributed by atoms with Gasteiger partial charge in [0.25, 0.3) is 0 Å². The first-order valence-corrected chi connectivity index (χ1v) is 13.5. The molecule has 1 N–H and O–H groups in total. The molecule has 1 saturated heterocycles. The van der Waals surface area contributed by atoms with Gasteiger partial charge in [0.05, 0.1) is 12.1 Å². The Balaban J connectivity index is 1.33. The first-order chi connectivity index (χ1) is 16.1. The van der Waals surface area contributed by atoms with Crippen molar-refractivity contribution < 1.29 is 8.95 Å². The van der Waals surface area contributed by atoms with Crippen LogP contribution in [0.4, 0.5) is 0 Å². The third kappa shape index (κ3) is 4.63. The second kappa shape index (κ2) is 9.57. The van der Waals surface area contributed by atoms with E-state index < -0.39 is 9.52 Å². The summed E-state index contributed by atoms with van der Waals surface area (Å²) in [5, 5.41) is 10.7. The maximum absolute atomic E-state index is 14.0. The Bertz CT molecular complexity index is 1350. The Labute approximate surface area is 195 Å². The fraction of sp³-hybridized carbons (Fsp3) is 0.333. The number of likely N-dealkylation sites (tertiary alicyclic amines) is 1. The van der Waals surface area contributed by atoms with Crippen LogP contribution in [0.1, 0.15) is 32.1 Å². The van der Waals surface area contributed by atoms with Gasteiger partial charge in [-0.25, -0.2) is 0 Å². The average Bonchev–Trinajstić information content (AvgIpc) is 3.28. The van der Waals surface area contributed by atoms with Crippen LogP contribution in [0, 0.1) is 0 Å². The van der Waals surface area contributed by atoms with Crippen molar-refractivity contribution in [3.05, 3.63) is 60.7 Å². The van der Waals surface area contributed by atoms with Gasteiger partial charge in [-0.1, -0.05) is 42.8 Å². The Morgan fingerprint density at radius 1 is 0.970 bits per heavy atom. The van der Waals surface area contributed by atoms with Crippen LogP contribution in [-0.2, 0) is 9.52 Å². The number of H-pyrrole nitrogens is 1. The molecule has 0 saturated carbocycles. The van der Waals surface area contributed by atoms with E-state index in [1.54, 1.807) is 0 Å². The van der Waals surface area contributed by atoms with Crippen LogP contribution in [0.3, 0.4) is 0 Å². The van der Waals surface area contributed by atoms with Crippen molar-refractivity contribution in [1.82, 2.24) is 15.1 Å². The summed E-state index contributed by atoms with van der Waals surface area (Å²) in [6.45, 7) is 4.31. The molecule has 3 aromatic carbocycles. The maximum atomic E-state index is 14.0. The predicted molar refractivity (Wildman–Crippen MR) is 137 cm³/mol. The molecular formula is C27H31N3O2S. The molecule has 33 heavy (non-hydrogen) atoms. The molecule has 5 rings (SSSR count). The number of unbranched alkanes of at least 4 members (excludes halogenated alkanes) is 1. The van der Waals surface area contributed by atoms with Crippen molar-refractivity contribution >= 4 is 37.1 Å². The number of hydrogen-bond donors (Lipinski definition) is 1. The number of nitrogens with zero attached hydrogens (tertiary/aromatic N) is 2. The molecule has 172 valence electrons. The zero-order valence-corrected chi connectivity index (χ0v) is 19.8. The molecule has 1 unspecified atom stereocenters. The van der Waals surface area contributed by atoms with E-state index in [1.807, 2.05) is 60.7 Å². The summed E-state index contributed by atoms with van der Waals surface area (Å²) in [6.07, 6.45) is 6.20. The minimum absolute atomic E-state index is 0.546. The molecule has 4 aromatic rings. The van der Waals surface area contributed by atoms with Gasteiger partial charge in [-0.2, -0.15) is 5.10 Å². The van der Waals surface area contributed by atoms with Gasteiger partial charge in [-0.05, 0) is 86.2 Å². The van der Waals surface area contributed by atoms with Crippen LogP contribution < -0.4 is 4.74 Å². The van der Waals surface area contributed by atoms with Gasteiger partial charge in [0.1, 0.15) is 10.8 Å². The lowest BCUT2D eigenvalue weighted by Gasteiger charge is -2.26. The smallest absolute Gasteiger partial charge is 0.126 e. The molecule has 1 fully saturated rings. The monoisotopic (exact) mass is 461 g/mol. The van der Waals surface area contributed by atoms with Crippen LogP contribution in [0.25, 0.3) is 21.7 Å². The summed E-state index contributed by atoms with van der Waals surface area (Å²) >= 11 is 0. The van der Waals surface area contributed by atoms with E-state index in [0.29, 0.717) is 11.6 Å². The second-order valence-electron chi connectivity index (χ2n) is 8.84. The zero-order valence-electron chi connectivity index (χ0n) is 19.0. The van der Waals surface area contributed by atoms with Gasteiger partial charge >= 0.3 is 0 Å². The van der Waals surface area contributed by atoms with Gasteiger partial charge in [0.15, 0.2) is 0 Å². The number of rotatable bonds is 8. The molecule has 0 bridgehead atoms. The molecule has 1 aliphatic heterocycles. The van der Waals surface area contributed by atoms with Gasteiger partial charge in [0, 0.05) is 19.8 Å². The van der Waals surface area contributed by atoms with Crippen LogP contribution in [-0.4, -0.2) is 51.4 Å². The largest absolute Gasteiger partial charge is 0.494 e. The second-order valence-corrected chi connectivity index (χ2v) is 11.0. The minimum atomic E-state index is -2.79. The fourth-order valence-corrected chi connectivity index (χ4v) is 6.48. The van der Waals surface area contributed by atoms with E-state index in [0.717, 1.165) is 51.7 Å². The number of fused-ring (bicyclic) bond motifs is 2. The lowest BCUT2D eigenvalue weighted by Crippen LogP contribution is -2.30. The highest BCUT2D eigenvalue weighted by Crippen LogP contribution is 2.32. The van der Waals surface area contributed by atoms with E-state index in [4.69, 9.17) is 4.74 Å². The topological polar surface area (TPSA) is 58.2 Å². The van der Waals surface area contributed by atoms with E-state index in [-0.39, 0.29) is 0 Å². The zero-order chi connectivity index (χ0) is 22.7. The number of ether oxygens (including phenoxy) is 1. The molecule has 2 heterocycles. The normalized spacial score (nSPS) is 16.7. The van der Waals surface area contributed by atoms with Gasteiger partial charge < -0.3 is 9.64 Å². The first-order valence-electron chi connectivity index (χ1n) is 11.8. The molecule has 1 atom stereocenters. The molecule has 6 heteroatoms. The average molecular weight is 462 g/mol. The van der Waals surface area contributed by atoms with Gasteiger partial charge in [-0.15, -0.1) is 0 Å². The van der Waals surface area contributed by atoms with E-state index in [2.05, 4.69) is 21.0 Å². The molecule has 5 nitrogen and oxygen atoms in total. The Hall–Kier alpha value is -2.83. The maximum Gasteiger partial charge on any atom is 0.126 e. The van der Waals surface area contributed by atoms with Crippen molar-refractivity contribution in [2.75, 3.05) is 26.2 Å². The number of nitrogens with one attached hydrogen (secondary N) is 1. The molecule has 1 aromatic heterocycles. The lowest BCUT2D eigenvalue weighted by molar-refractivity contribution is 0.216. The molecular weight excluding hydrogens is 430 g/mol. The van der Waals surface area contributed by atoms with E-state index in [1.165, 1.54) is 32.4 Å². The van der Waals surface area contributed by atoms with Crippen molar-refractivity contribution in [2.45, 2.75) is 42.0 Å². The highest BCUT2D eigenvalue weighted by Gasteiger charge is 2.20. The molecule has 0 radical (unpaired) electrons. The Kier molecular flexibility index (Phi) is 6.38. The highest BCUT2D eigenvalue weighted by atomic mass is 32.2. The third-order valence-corrected chi connectivity index (χ3v) is 8.55. The van der Waals surface area contributed by atoms with Gasteiger partial charge in [-0.3, -0.25) is 9.31 Å². The number of benzene rings is 3. The summed E-state index contributed by atoms with van der Waals surface area (Å²) in [7, 11) is -2.79. The first kappa shape index (κ1) is 22.0. The Morgan fingerprint density at radius 3 is 2.67 bits per heavy atom. The third-order valence-electron chi connectivity index (χ3n) is 6.51. The number of hydrogen-bond acceptors (Lipinski definition) is 4. The predicted octanol–water partition coefficient (Wildman–Crippen LogP) is 5.50. The summed E-state index contributed by atoms with van der Waals surface area (Å²) in [6, 6.07) is 19.6. The minimum Gasteiger partial charge on any atom is -0.494 e. The molecule has 1 aliphatic rings. The van der Waals surface area contributed by atoms with Crippen LogP contribution >= 0.6 is 0 Å². The van der Waals surface area contributed by atoms with Crippen molar-refractivity contribution in [1.29, 1.82) is 0 Å². The summed E-state index contributed by atoms with van der Waals surface area (Å²) < 4.78 is 20.1. The van der Waals surface area contributed by atoms with Crippen LogP contribution in [0.5, 0.6) is 5.75 Å². The Morgan fingerprint density at radius 2 is 1.79 bits per heavy atom. The number of aromatic amines is 1. The molecule has 0 aliphatic carbocycles. The number of aromatic nitrogens is 2. The summed E-state index contributed by atoms with van der Waals surface area (Å²) in [5.74, 6) is 4.93. The molecule has 0 spiro atoms. The van der Waals surface area contributed by atoms with Crippen molar-refractivity contribution in [3.8, 4) is 5.75 Å². The quantitative estimate of drug-likeness (QED) is 0.278. The standard InChI is InChI=1S/C27H31N3O2S/c1-33(31,26-13-9-11-21-10-3-4-12-23(21)26)27-24-20-22(14-15-25(24)28-29-27)32-19-8-7-18-30-16-5-2-6-17-30/h3-4,9-15,20H,1-2,5-8,16-19H2,(H,28,29). The SMILES string of the molecule is C=S(=O)(c1cccc2ccccc12)c1[nH]nc2ccc(OCCCCN3CCCCC3)cc12. The number of piperidine rings is 1. The van der Waals surface area contributed by atoms with Crippen LogP contribution in [0.15, 0.2) is 70.6 Å². The lowest BCUT2D eigenvalue weighted by atomic mass is 10.1.